The fraction of sp³-hybridized carbons (Fsp3) is 0.462. The van der Waals surface area contributed by atoms with Crippen LogP contribution in [0.15, 0.2) is 35.4 Å². The van der Waals surface area contributed by atoms with Crippen molar-refractivity contribution in [2.75, 3.05) is 5.43 Å². The monoisotopic (exact) mass is 204 g/mol. The van der Waals surface area contributed by atoms with Crippen molar-refractivity contribution in [2.24, 2.45) is 5.10 Å². The maximum atomic E-state index is 4.42. The molecule has 0 aliphatic heterocycles. The van der Waals surface area contributed by atoms with Gasteiger partial charge in [0.2, 0.25) is 0 Å². The van der Waals surface area contributed by atoms with Crippen LogP contribution >= 0.6 is 0 Å². The summed E-state index contributed by atoms with van der Waals surface area (Å²) >= 11 is 0. The van der Waals surface area contributed by atoms with Crippen LogP contribution in [0.25, 0.3) is 0 Å². The molecule has 2 heteroatoms. The van der Waals surface area contributed by atoms with Gasteiger partial charge in [-0.05, 0) is 31.4 Å². The Morgan fingerprint density at radius 2 is 1.93 bits per heavy atom. The van der Waals surface area contributed by atoms with Crippen LogP contribution in [0.5, 0.6) is 0 Å². The summed E-state index contributed by atoms with van der Waals surface area (Å²) in [6.07, 6.45) is 4.58. The van der Waals surface area contributed by atoms with Gasteiger partial charge in [0.15, 0.2) is 0 Å². The highest BCUT2D eigenvalue weighted by Crippen LogP contribution is 2.06. The zero-order valence-electron chi connectivity index (χ0n) is 9.66. The molecule has 0 aromatic heterocycles. The van der Waals surface area contributed by atoms with E-state index in [2.05, 4.69) is 24.4 Å². The van der Waals surface area contributed by atoms with E-state index in [-0.39, 0.29) is 0 Å². The predicted molar refractivity (Wildman–Crippen MR) is 67.3 cm³/mol. The van der Waals surface area contributed by atoms with Crippen molar-refractivity contribution in [3.05, 3.63) is 30.3 Å². The van der Waals surface area contributed by atoms with Crippen LogP contribution in [0.2, 0.25) is 0 Å². The fourth-order valence-corrected chi connectivity index (χ4v) is 1.35. The summed E-state index contributed by atoms with van der Waals surface area (Å²) in [5, 5.41) is 4.42. The van der Waals surface area contributed by atoms with Crippen LogP contribution in [-0.4, -0.2) is 5.71 Å². The second-order valence-corrected chi connectivity index (χ2v) is 3.61. The second kappa shape index (κ2) is 7.04. The van der Waals surface area contributed by atoms with Gasteiger partial charge in [0.1, 0.15) is 0 Å². The maximum absolute atomic E-state index is 4.42. The number of nitrogens with one attached hydrogen (secondary N) is 1. The first kappa shape index (κ1) is 11.8. The van der Waals surface area contributed by atoms with Gasteiger partial charge in [-0.3, -0.25) is 5.43 Å². The van der Waals surface area contributed by atoms with Crippen molar-refractivity contribution in [3.8, 4) is 0 Å². The molecule has 0 atom stereocenters. The van der Waals surface area contributed by atoms with Gasteiger partial charge in [0, 0.05) is 5.71 Å². The third-order valence-corrected chi connectivity index (χ3v) is 2.34. The Bertz CT molecular complexity index is 291. The topological polar surface area (TPSA) is 24.4 Å². The Morgan fingerprint density at radius 3 is 2.53 bits per heavy atom. The highest BCUT2D eigenvalue weighted by Gasteiger charge is 1.95. The number of hydrazone groups is 1. The normalized spacial score (nSPS) is 11.5. The summed E-state index contributed by atoms with van der Waals surface area (Å²) in [7, 11) is 0. The number of para-hydroxylation sites is 1. The SMILES string of the molecule is CCCC/C(CC)=N/Nc1ccccc1. The molecular formula is C13H20N2. The molecule has 0 saturated carbocycles. The van der Waals surface area contributed by atoms with Crippen molar-refractivity contribution < 1.29 is 0 Å². The summed E-state index contributed by atoms with van der Waals surface area (Å²) in [4.78, 5) is 0. The minimum atomic E-state index is 1.03. The smallest absolute Gasteiger partial charge is 0.0561 e. The van der Waals surface area contributed by atoms with Crippen molar-refractivity contribution in [3.63, 3.8) is 0 Å². The van der Waals surface area contributed by atoms with Gasteiger partial charge in [-0.25, -0.2) is 0 Å². The van der Waals surface area contributed by atoms with Gasteiger partial charge < -0.3 is 0 Å². The zero-order chi connectivity index (χ0) is 10.9. The molecule has 0 aliphatic rings. The van der Waals surface area contributed by atoms with Crippen LogP contribution in [-0.2, 0) is 0 Å². The quantitative estimate of drug-likeness (QED) is 0.548. The van der Waals surface area contributed by atoms with E-state index in [1.165, 1.54) is 18.6 Å². The molecule has 0 saturated heterocycles. The highest BCUT2D eigenvalue weighted by molar-refractivity contribution is 5.84. The predicted octanol–water partition coefficient (Wildman–Crippen LogP) is 4.05. The molecule has 0 amide bonds. The number of hydrogen-bond acceptors (Lipinski definition) is 2. The Hall–Kier alpha value is -1.31. The van der Waals surface area contributed by atoms with Gasteiger partial charge >= 0.3 is 0 Å². The molecule has 0 bridgehead atoms. The van der Waals surface area contributed by atoms with Gasteiger partial charge in [-0.2, -0.15) is 5.10 Å². The van der Waals surface area contributed by atoms with Gasteiger partial charge in [0.25, 0.3) is 0 Å². The van der Waals surface area contributed by atoms with Gasteiger partial charge in [-0.1, -0.05) is 38.5 Å². The molecule has 2 nitrogen and oxygen atoms in total. The minimum absolute atomic E-state index is 1.03. The average Bonchev–Trinajstić information content (AvgIpc) is 2.31. The molecule has 1 rings (SSSR count). The molecule has 0 heterocycles. The first-order valence-electron chi connectivity index (χ1n) is 5.73. The molecule has 1 aromatic carbocycles. The molecule has 1 aromatic rings. The lowest BCUT2D eigenvalue weighted by atomic mass is 10.1. The number of nitrogens with zero attached hydrogens (tertiary/aromatic N) is 1. The number of anilines is 1. The summed E-state index contributed by atoms with van der Waals surface area (Å²) in [6, 6.07) is 10.1. The number of hydrogen-bond donors (Lipinski definition) is 1. The summed E-state index contributed by atoms with van der Waals surface area (Å²) in [6.45, 7) is 4.36. The summed E-state index contributed by atoms with van der Waals surface area (Å²) < 4.78 is 0. The zero-order valence-corrected chi connectivity index (χ0v) is 9.66. The number of unbranched alkanes of at least 4 members (excludes halogenated alkanes) is 1. The van der Waals surface area contributed by atoms with E-state index in [9.17, 15) is 0 Å². The Labute approximate surface area is 92.4 Å². The van der Waals surface area contributed by atoms with Crippen LogP contribution in [0.1, 0.15) is 39.5 Å². The number of rotatable bonds is 6. The highest BCUT2D eigenvalue weighted by atomic mass is 15.3. The van der Waals surface area contributed by atoms with E-state index in [0.717, 1.165) is 18.5 Å². The van der Waals surface area contributed by atoms with E-state index >= 15 is 0 Å². The maximum Gasteiger partial charge on any atom is 0.0561 e. The Morgan fingerprint density at radius 1 is 1.20 bits per heavy atom. The molecule has 15 heavy (non-hydrogen) atoms. The Kier molecular flexibility index (Phi) is 5.52. The van der Waals surface area contributed by atoms with E-state index in [4.69, 9.17) is 0 Å². The van der Waals surface area contributed by atoms with Crippen LogP contribution in [0.4, 0.5) is 5.69 Å². The standard InChI is InChI=1S/C13H20N2/c1-3-5-9-12(4-2)14-15-13-10-7-6-8-11-13/h6-8,10-11,15H,3-5,9H2,1-2H3/b14-12+. The van der Waals surface area contributed by atoms with Crippen molar-refractivity contribution in [1.29, 1.82) is 0 Å². The first-order valence-corrected chi connectivity index (χ1v) is 5.73. The van der Waals surface area contributed by atoms with E-state index in [1.54, 1.807) is 0 Å². The van der Waals surface area contributed by atoms with Crippen LogP contribution in [0.3, 0.4) is 0 Å². The van der Waals surface area contributed by atoms with E-state index < -0.39 is 0 Å². The van der Waals surface area contributed by atoms with Crippen LogP contribution < -0.4 is 5.43 Å². The molecule has 0 aliphatic carbocycles. The van der Waals surface area contributed by atoms with Crippen molar-refractivity contribution in [1.82, 2.24) is 0 Å². The lowest BCUT2D eigenvalue weighted by Crippen LogP contribution is -2.00. The number of benzene rings is 1. The summed E-state index contributed by atoms with van der Waals surface area (Å²) in [5.41, 5.74) is 5.40. The molecule has 0 spiro atoms. The van der Waals surface area contributed by atoms with Crippen molar-refractivity contribution >= 4 is 11.4 Å². The largest absolute Gasteiger partial charge is 0.279 e. The lowest BCUT2D eigenvalue weighted by molar-refractivity contribution is 0.824. The lowest BCUT2D eigenvalue weighted by Gasteiger charge is -2.04. The molecule has 1 N–H and O–H groups in total. The van der Waals surface area contributed by atoms with Crippen molar-refractivity contribution in [2.45, 2.75) is 39.5 Å². The molecule has 0 fully saturated rings. The van der Waals surface area contributed by atoms with Crippen LogP contribution in [0, 0.1) is 0 Å². The average molecular weight is 204 g/mol. The van der Waals surface area contributed by atoms with E-state index in [1.807, 2.05) is 30.3 Å². The van der Waals surface area contributed by atoms with Gasteiger partial charge in [0.05, 0.1) is 5.69 Å². The third kappa shape index (κ3) is 4.63. The van der Waals surface area contributed by atoms with Gasteiger partial charge in [-0.15, -0.1) is 0 Å². The Balaban J connectivity index is 2.47. The fourth-order valence-electron chi connectivity index (χ4n) is 1.35. The molecular weight excluding hydrogens is 184 g/mol. The first-order chi connectivity index (χ1) is 7.36. The molecule has 0 radical (unpaired) electrons. The van der Waals surface area contributed by atoms with E-state index in [0.29, 0.717) is 0 Å². The minimum Gasteiger partial charge on any atom is -0.279 e. The second-order valence-electron chi connectivity index (χ2n) is 3.61. The molecule has 82 valence electrons. The molecule has 0 unspecified atom stereocenters. The summed E-state index contributed by atoms with van der Waals surface area (Å²) in [5.74, 6) is 0. The third-order valence-electron chi connectivity index (χ3n) is 2.34.